The van der Waals surface area contributed by atoms with E-state index < -0.39 is 0 Å². The Labute approximate surface area is 160 Å². The van der Waals surface area contributed by atoms with Crippen LogP contribution >= 0.6 is 0 Å². The van der Waals surface area contributed by atoms with Crippen molar-refractivity contribution in [2.24, 2.45) is 0 Å². The Bertz CT molecular complexity index is 627. The number of imidazole rings is 1. The van der Waals surface area contributed by atoms with Crippen molar-refractivity contribution in [3.05, 3.63) is 18.2 Å². The van der Waals surface area contributed by atoms with Gasteiger partial charge in [-0.15, -0.1) is 0 Å². The molecule has 0 saturated carbocycles. The minimum absolute atomic E-state index is 0.0416. The number of morpholine rings is 1. The molecule has 0 bridgehead atoms. The van der Waals surface area contributed by atoms with Crippen molar-refractivity contribution in [3.63, 3.8) is 0 Å². The monoisotopic (exact) mass is 377 g/mol. The molecule has 3 heterocycles. The van der Waals surface area contributed by atoms with Gasteiger partial charge in [-0.05, 0) is 32.6 Å². The number of aromatic nitrogens is 2. The lowest BCUT2D eigenvalue weighted by molar-refractivity contribution is -0.122. The number of ether oxygens (including phenoxy) is 1. The highest BCUT2D eigenvalue weighted by atomic mass is 16.5. The number of nitrogens with one attached hydrogen (secondary N) is 1. The summed E-state index contributed by atoms with van der Waals surface area (Å²) in [5.41, 5.74) is 0. The second-order valence-electron chi connectivity index (χ2n) is 7.36. The molecule has 2 aliphatic heterocycles. The number of hydrogen-bond donors (Lipinski definition) is 1. The molecule has 150 valence electrons. The van der Waals surface area contributed by atoms with Gasteiger partial charge in [0.05, 0.1) is 13.2 Å². The first-order valence-corrected chi connectivity index (χ1v) is 10.0. The molecule has 2 fully saturated rings. The van der Waals surface area contributed by atoms with E-state index in [1.165, 1.54) is 0 Å². The van der Waals surface area contributed by atoms with Gasteiger partial charge < -0.3 is 24.4 Å². The van der Waals surface area contributed by atoms with Crippen LogP contribution in [0.5, 0.6) is 0 Å². The topological polar surface area (TPSA) is 79.7 Å². The van der Waals surface area contributed by atoms with E-state index in [1.54, 1.807) is 6.20 Å². The third-order valence-corrected chi connectivity index (χ3v) is 5.32. The molecule has 0 aliphatic carbocycles. The van der Waals surface area contributed by atoms with Crippen LogP contribution in [0.2, 0.25) is 0 Å². The van der Waals surface area contributed by atoms with Gasteiger partial charge in [0, 0.05) is 57.6 Å². The Kier molecular flexibility index (Phi) is 7.09. The largest absolute Gasteiger partial charge is 0.378 e. The van der Waals surface area contributed by atoms with E-state index in [2.05, 4.69) is 14.9 Å². The summed E-state index contributed by atoms with van der Waals surface area (Å²) < 4.78 is 7.39. The average molecular weight is 377 g/mol. The number of likely N-dealkylation sites (tertiary alicyclic amines) is 1. The number of urea groups is 1. The summed E-state index contributed by atoms with van der Waals surface area (Å²) in [7, 11) is 0. The number of nitrogens with zero attached hydrogens (tertiary/aromatic N) is 4. The van der Waals surface area contributed by atoms with Crippen LogP contribution in [0.3, 0.4) is 0 Å². The average Bonchev–Trinajstić information content (AvgIpc) is 2.94. The standard InChI is InChI=1S/C19H31N5O3/c1-16-20-7-10-22(16)9-4-6-18(25)21-17-5-2-3-8-24(15-17)19(26)23-11-13-27-14-12-23/h7,10,17H,2-6,8-9,11-15H2,1H3,(H,21,25). The summed E-state index contributed by atoms with van der Waals surface area (Å²) in [5.74, 6) is 1.04. The summed E-state index contributed by atoms with van der Waals surface area (Å²) in [6.07, 6.45) is 7.94. The second kappa shape index (κ2) is 9.73. The van der Waals surface area contributed by atoms with Gasteiger partial charge in [-0.1, -0.05) is 0 Å². The van der Waals surface area contributed by atoms with Crippen molar-refractivity contribution >= 4 is 11.9 Å². The molecule has 8 heteroatoms. The number of amides is 3. The van der Waals surface area contributed by atoms with Crippen molar-refractivity contribution in [3.8, 4) is 0 Å². The van der Waals surface area contributed by atoms with Crippen molar-refractivity contribution in [1.29, 1.82) is 0 Å². The maximum Gasteiger partial charge on any atom is 0.320 e. The fourth-order valence-corrected chi connectivity index (χ4v) is 3.74. The van der Waals surface area contributed by atoms with Gasteiger partial charge in [0.2, 0.25) is 5.91 Å². The molecule has 1 aromatic rings. The lowest BCUT2D eigenvalue weighted by atomic mass is 10.1. The first-order valence-electron chi connectivity index (χ1n) is 10.0. The van der Waals surface area contributed by atoms with Crippen LogP contribution in [-0.2, 0) is 16.1 Å². The van der Waals surface area contributed by atoms with Gasteiger partial charge in [0.1, 0.15) is 5.82 Å². The molecule has 2 aliphatic rings. The van der Waals surface area contributed by atoms with Gasteiger partial charge in [-0.2, -0.15) is 0 Å². The van der Waals surface area contributed by atoms with E-state index in [1.807, 2.05) is 22.9 Å². The smallest absolute Gasteiger partial charge is 0.320 e. The highest BCUT2D eigenvalue weighted by Crippen LogP contribution is 2.14. The predicted octanol–water partition coefficient (Wildman–Crippen LogP) is 1.39. The molecule has 2 saturated heterocycles. The van der Waals surface area contributed by atoms with Crippen molar-refractivity contribution in [2.75, 3.05) is 39.4 Å². The van der Waals surface area contributed by atoms with E-state index in [-0.39, 0.29) is 18.0 Å². The molecule has 3 amide bonds. The number of carbonyl (C=O) groups excluding carboxylic acids is 2. The lowest BCUT2D eigenvalue weighted by Crippen LogP contribution is -2.51. The molecule has 1 unspecified atom stereocenters. The quantitative estimate of drug-likeness (QED) is 0.841. The Hall–Kier alpha value is -2.09. The molecule has 0 spiro atoms. The Morgan fingerprint density at radius 1 is 1.22 bits per heavy atom. The molecular formula is C19H31N5O3. The minimum Gasteiger partial charge on any atom is -0.378 e. The first kappa shape index (κ1) is 19.7. The Morgan fingerprint density at radius 3 is 2.78 bits per heavy atom. The SMILES string of the molecule is Cc1nccn1CCCC(=O)NC1CCCCN(C(=O)N2CCOCC2)C1. The molecule has 1 N–H and O–H groups in total. The van der Waals surface area contributed by atoms with Gasteiger partial charge in [-0.25, -0.2) is 9.78 Å². The van der Waals surface area contributed by atoms with Gasteiger partial charge in [-0.3, -0.25) is 4.79 Å². The fourth-order valence-electron chi connectivity index (χ4n) is 3.74. The zero-order valence-electron chi connectivity index (χ0n) is 16.2. The van der Waals surface area contributed by atoms with Crippen LogP contribution in [0.1, 0.15) is 37.9 Å². The van der Waals surface area contributed by atoms with Crippen LogP contribution < -0.4 is 5.32 Å². The molecule has 1 atom stereocenters. The first-order chi connectivity index (χ1) is 13.1. The highest BCUT2D eigenvalue weighted by molar-refractivity contribution is 5.77. The Morgan fingerprint density at radius 2 is 2.04 bits per heavy atom. The van der Waals surface area contributed by atoms with Crippen LogP contribution in [0, 0.1) is 6.92 Å². The molecular weight excluding hydrogens is 346 g/mol. The van der Waals surface area contributed by atoms with E-state index in [9.17, 15) is 9.59 Å². The van der Waals surface area contributed by atoms with Gasteiger partial charge in [0.15, 0.2) is 0 Å². The molecule has 0 aromatic carbocycles. The third-order valence-electron chi connectivity index (χ3n) is 5.32. The molecule has 1 aromatic heterocycles. The summed E-state index contributed by atoms with van der Waals surface area (Å²) >= 11 is 0. The van der Waals surface area contributed by atoms with Gasteiger partial charge >= 0.3 is 6.03 Å². The normalized spacial score (nSPS) is 21.0. The Balaban J connectivity index is 1.44. The van der Waals surface area contributed by atoms with E-state index in [0.717, 1.165) is 44.6 Å². The van der Waals surface area contributed by atoms with E-state index in [4.69, 9.17) is 4.74 Å². The fraction of sp³-hybridized carbons (Fsp3) is 0.737. The summed E-state index contributed by atoms with van der Waals surface area (Å²) in [4.78, 5) is 33.1. The third kappa shape index (κ3) is 5.69. The van der Waals surface area contributed by atoms with Gasteiger partial charge in [0.25, 0.3) is 0 Å². The molecule has 8 nitrogen and oxygen atoms in total. The van der Waals surface area contributed by atoms with Crippen molar-refractivity contribution < 1.29 is 14.3 Å². The number of aryl methyl sites for hydroxylation is 2. The van der Waals surface area contributed by atoms with E-state index in [0.29, 0.717) is 39.3 Å². The summed E-state index contributed by atoms with van der Waals surface area (Å²) in [5, 5.41) is 3.14. The minimum atomic E-state index is 0.0416. The van der Waals surface area contributed by atoms with Crippen LogP contribution in [0.15, 0.2) is 12.4 Å². The lowest BCUT2D eigenvalue weighted by Gasteiger charge is -2.33. The summed E-state index contributed by atoms with van der Waals surface area (Å²) in [6.45, 7) is 6.65. The maximum atomic E-state index is 12.7. The van der Waals surface area contributed by atoms with Crippen molar-refractivity contribution in [1.82, 2.24) is 24.7 Å². The second-order valence-corrected chi connectivity index (χ2v) is 7.36. The van der Waals surface area contributed by atoms with Crippen LogP contribution in [0.4, 0.5) is 4.79 Å². The summed E-state index contributed by atoms with van der Waals surface area (Å²) in [6, 6.07) is 0.120. The van der Waals surface area contributed by atoms with E-state index >= 15 is 0 Å². The predicted molar refractivity (Wildman–Crippen MR) is 101 cm³/mol. The molecule has 3 rings (SSSR count). The highest BCUT2D eigenvalue weighted by Gasteiger charge is 2.27. The van der Waals surface area contributed by atoms with Crippen LogP contribution in [-0.4, -0.2) is 76.7 Å². The molecule has 0 radical (unpaired) electrons. The number of rotatable bonds is 5. The molecule has 27 heavy (non-hydrogen) atoms. The zero-order chi connectivity index (χ0) is 19.1. The van der Waals surface area contributed by atoms with Crippen molar-refractivity contribution in [2.45, 2.75) is 51.6 Å². The van der Waals surface area contributed by atoms with Crippen LogP contribution in [0.25, 0.3) is 0 Å². The zero-order valence-corrected chi connectivity index (χ0v) is 16.2. The number of hydrogen-bond acceptors (Lipinski definition) is 4. The number of carbonyl (C=O) groups is 2. The maximum absolute atomic E-state index is 12.7.